The summed E-state index contributed by atoms with van der Waals surface area (Å²) in [6, 6.07) is 9.06. The van der Waals surface area contributed by atoms with Crippen LogP contribution in [0.3, 0.4) is 0 Å². The molecule has 16 heavy (non-hydrogen) atoms. The molecule has 1 atom stereocenters. The molecule has 86 valence electrons. The lowest BCUT2D eigenvalue weighted by Gasteiger charge is -2.20. The second-order valence-electron chi connectivity index (χ2n) is 4.09. The number of aryl methyl sites for hydroxylation is 1. The number of morpholine rings is 1. The molecule has 1 fully saturated rings. The summed E-state index contributed by atoms with van der Waals surface area (Å²) >= 11 is 0. The SMILES string of the molecule is CCc1ccc(/C=C/C2COCCN2)cc1. The van der Waals surface area contributed by atoms with Crippen LogP contribution >= 0.6 is 0 Å². The molecule has 0 bridgehead atoms. The maximum atomic E-state index is 5.39. The van der Waals surface area contributed by atoms with Crippen molar-refractivity contribution in [2.75, 3.05) is 19.8 Å². The summed E-state index contributed by atoms with van der Waals surface area (Å²) in [4.78, 5) is 0. The molecule has 0 aromatic heterocycles. The summed E-state index contributed by atoms with van der Waals surface area (Å²) < 4.78 is 5.39. The van der Waals surface area contributed by atoms with E-state index in [2.05, 4.69) is 48.7 Å². The van der Waals surface area contributed by atoms with E-state index in [0.717, 1.165) is 26.2 Å². The van der Waals surface area contributed by atoms with Crippen molar-refractivity contribution in [3.05, 3.63) is 41.5 Å². The molecule has 0 aliphatic carbocycles. The molecule has 1 saturated heterocycles. The van der Waals surface area contributed by atoms with E-state index in [-0.39, 0.29) is 0 Å². The lowest BCUT2D eigenvalue weighted by molar-refractivity contribution is 0.0903. The van der Waals surface area contributed by atoms with Crippen molar-refractivity contribution in [3.8, 4) is 0 Å². The van der Waals surface area contributed by atoms with Gasteiger partial charge in [0.25, 0.3) is 0 Å². The standard InChI is InChI=1S/C14H19NO/c1-2-12-3-5-13(6-4-12)7-8-14-11-16-10-9-15-14/h3-8,14-15H,2,9-11H2,1H3/b8-7+. The Bertz CT molecular complexity index is 336. The first-order valence-corrected chi connectivity index (χ1v) is 5.97. The maximum absolute atomic E-state index is 5.39. The summed E-state index contributed by atoms with van der Waals surface area (Å²) in [5.41, 5.74) is 2.64. The van der Waals surface area contributed by atoms with E-state index in [9.17, 15) is 0 Å². The molecule has 1 aliphatic rings. The third-order valence-electron chi connectivity index (χ3n) is 2.86. The van der Waals surface area contributed by atoms with Gasteiger partial charge >= 0.3 is 0 Å². The number of hydrogen-bond acceptors (Lipinski definition) is 2. The second-order valence-corrected chi connectivity index (χ2v) is 4.09. The third kappa shape index (κ3) is 3.19. The minimum atomic E-state index is 0.361. The number of hydrogen-bond donors (Lipinski definition) is 1. The van der Waals surface area contributed by atoms with Crippen LogP contribution in [0.5, 0.6) is 0 Å². The molecule has 1 heterocycles. The predicted octanol–water partition coefficient (Wildman–Crippen LogP) is 2.25. The van der Waals surface area contributed by atoms with E-state index in [1.165, 1.54) is 11.1 Å². The monoisotopic (exact) mass is 217 g/mol. The van der Waals surface area contributed by atoms with Crippen LogP contribution in [0, 0.1) is 0 Å². The number of rotatable bonds is 3. The Morgan fingerprint density at radius 2 is 2.19 bits per heavy atom. The zero-order valence-electron chi connectivity index (χ0n) is 9.78. The Hall–Kier alpha value is -1.12. The fraction of sp³-hybridized carbons (Fsp3) is 0.429. The van der Waals surface area contributed by atoms with Gasteiger partial charge in [-0.25, -0.2) is 0 Å². The van der Waals surface area contributed by atoms with Crippen LogP contribution in [0.2, 0.25) is 0 Å². The van der Waals surface area contributed by atoms with Gasteiger partial charge in [-0.05, 0) is 17.5 Å². The van der Waals surface area contributed by atoms with Crippen molar-refractivity contribution >= 4 is 6.08 Å². The Morgan fingerprint density at radius 1 is 1.38 bits per heavy atom. The van der Waals surface area contributed by atoms with Crippen LogP contribution in [-0.2, 0) is 11.2 Å². The fourth-order valence-corrected chi connectivity index (χ4v) is 1.80. The van der Waals surface area contributed by atoms with E-state index in [1.54, 1.807) is 0 Å². The maximum Gasteiger partial charge on any atom is 0.0656 e. The highest BCUT2D eigenvalue weighted by atomic mass is 16.5. The summed E-state index contributed by atoms with van der Waals surface area (Å²) in [7, 11) is 0. The summed E-state index contributed by atoms with van der Waals surface area (Å²) in [6.07, 6.45) is 5.44. The van der Waals surface area contributed by atoms with E-state index < -0.39 is 0 Å². The highest BCUT2D eigenvalue weighted by molar-refractivity contribution is 5.50. The quantitative estimate of drug-likeness (QED) is 0.838. The molecule has 1 unspecified atom stereocenters. The Kier molecular flexibility index (Phi) is 4.14. The van der Waals surface area contributed by atoms with Gasteiger partial charge < -0.3 is 10.1 Å². The summed E-state index contributed by atoms with van der Waals surface area (Å²) in [5, 5.41) is 3.40. The molecule has 0 spiro atoms. The molecule has 1 N–H and O–H groups in total. The van der Waals surface area contributed by atoms with Gasteiger partial charge in [-0.2, -0.15) is 0 Å². The average molecular weight is 217 g/mol. The van der Waals surface area contributed by atoms with Gasteiger partial charge in [0.05, 0.1) is 13.2 Å². The molecular weight excluding hydrogens is 198 g/mol. The minimum absolute atomic E-state index is 0.361. The van der Waals surface area contributed by atoms with Crippen LogP contribution in [0.25, 0.3) is 6.08 Å². The third-order valence-corrected chi connectivity index (χ3v) is 2.86. The van der Waals surface area contributed by atoms with Crippen molar-refractivity contribution in [2.24, 2.45) is 0 Å². The number of ether oxygens (including phenoxy) is 1. The summed E-state index contributed by atoms with van der Waals surface area (Å²) in [5.74, 6) is 0. The zero-order valence-corrected chi connectivity index (χ0v) is 9.78. The molecule has 2 nitrogen and oxygen atoms in total. The van der Waals surface area contributed by atoms with Gasteiger partial charge in [0.1, 0.15) is 0 Å². The van der Waals surface area contributed by atoms with Gasteiger partial charge in [-0.15, -0.1) is 0 Å². The molecule has 1 aromatic carbocycles. The lowest BCUT2D eigenvalue weighted by atomic mass is 10.1. The molecular formula is C14H19NO. The first kappa shape index (κ1) is 11.4. The van der Waals surface area contributed by atoms with Crippen LogP contribution < -0.4 is 5.32 Å². The smallest absolute Gasteiger partial charge is 0.0656 e. The van der Waals surface area contributed by atoms with Crippen LogP contribution in [0.1, 0.15) is 18.1 Å². The molecule has 0 amide bonds. The minimum Gasteiger partial charge on any atom is -0.378 e. The Morgan fingerprint density at radius 3 is 2.81 bits per heavy atom. The van der Waals surface area contributed by atoms with Crippen LogP contribution in [-0.4, -0.2) is 25.8 Å². The highest BCUT2D eigenvalue weighted by Crippen LogP contribution is 2.07. The first-order chi connectivity index (χ1) is 7.88. The lowest BCUT2D eigenvalue weighted by Crippen LogP contribution is -2.39. The van der Waals surface area contributed by atoms with Crippen LogP contribution in [0.4, 0.5) is 0 Å². The molecule has 2 heteroatoms. The Balaban J connectivity index is 1.94. The second kappa shape index (κ2) is 5.83. The van der Waals surface area contributed by atoms with Gasteiger partial charge in [0, 0.05) is 12.6 Å². The number of nitrogens with one attached hydrogen (secondary N) is 1. The largest absolute Gasteiger partial charge is 0.378 e. The van der Waals surface area contributed by atoms with Gasteiger partial charge in [-0.3, -0.25) is 0 Å². The van der Waals surface area contributed by atoms with Crippen molar-refractivity contribution < 1.29 is 4.74 Å². The van der Waals surface area contributed by atoms with E-state index in [1.807, 2.05) is 0 Å². The summed E-state index contributed by atoms with van der Waals surface area (Å²) in [6.45, 7) is 4.73. The molecule has 2 rings (SSSR count). The fourth-order valence-electron chi connectivity index (χ4n) is 1.80. The predicted molar refractivity (Wildman–Crippen MR) is 67.5 cm³/mol. The van der Waals surface area contributed by atoms with E-state index in [0.29, 0.717) is 6.04 Å². The van der Waals surface area contributed by atoms with Gasteiger partial charge in [0.2, 0.25) is 0 Å². The topological polar surface area (TPSA) is 21.3 Å². The van der Waals surface area contributed by atoms with E-state index in [4.69, 9.17) is 4.74 Å². The van der Waals surface area contributed by atoms with Crippen molar-refractivity contribution in [1.82, 2.24) is 5.32 Å². The number of benzene rings is 1. The van der Waals surface area contributed by atoms with Gasteiger partial charge in [0.15, 0.2) is 0 Å². The van der Waals surface area contributed by atoms with Crippen molar-refractivity contribution in [2.45, 2.75) is 19.4 Å². The van der Waals surface area contributed by atoms with Gasteiger partial charge in [-0.1, -0.05) is 43.3 Å². The normalized spacial score (nSPS) is 21.4. The molecule has 0 radical (unpaired) electrons. The highest BCUT2D eigenvalue weighted by Gasteiger charge is 2.08. The van der Waals surface area contributed by atoms with E-state index >= 15 is 0 Å². The molecule has 1 aromatic rings. The zero-order chi connectivity index (χ0) is 11.2. The van der Waals surface area contributed by atoms with Crippen LogP contribution in [0.15, 0.2) is 30.3 Å². The van der Waals surface area contributed by atoms with Crippen molar-refractivity contribution in [1.29, 1.82) is 0 Å². The average Bonchev–Trinajstić information content (AvgIpc) is 2.38. The van der Waals surface area contributed by atoms with Crippen molar-refractivity contribution in [3.63, 3.8) is 0 Å². The Labute approximate surface area is 97.3 Å². The first-order valence-electron chi connectivity index (χ1n) is 5.97. The molecule has 0 saturated carbocycles. The molecule has 1 aliphatic heterocycles.